The summed E-state index contributed by atoms with van der Waals surface area (Å²) >= 11 is 0. The van der Waals surface area contributed by atoms with Crippen LogP contribution >= 0.6 is 0 Å². The first kappa shape index (κ1) is 28.0. The van der Waals surface area contributed by atoms with Crippen LogP contribution in [0.15, 0.2) is 18.7 Å². The zero-order chi connectivity index (χ0) is 27.1. The summed E-state index contributed by atoms with van der Waals surface area (Å²) in [6.45, 7) is 11.9. The largest absolute Gasteiger partial charge is 0.448 e. The summed E-state index contributed by atoms with van der Waals surface area (Å²) in [4.78, 5) is 28.1. The molecule has 200 valence electrons. The highest BCUT2D eigenvalue weighted by atomic mass is 19.1. The zero-order valence-electron chi connectivity index (χ0n) is 22.4. The third-order valence-corrected chi connectivity index (χ3v) is 6.53. The number of amides is 2. The molecule has 0 unspecified atom stereocenters. The van der Waals surface area contributed by atoms with E-state index in [4.69, 9.17) is 4.74 Å². The monoisotopic (exact) mass is 512 g/mol. The van der Waals surface area contributed by atoms with Crippen LogP contribution in [0.2, 0.25) is 0 Å². The maximum Gasteiger partial charge on any atom is 0.409 e. The van der Waals surface area contributed by atoms with Gasteiger partial charge >= 0.3 is 6.09 Å². The van der Waals surface area contributed by atoms with E-state index in [1.54, 1.807) is 30.9 Å². The second kappa shape index (κ2) is 12.6. The number of hydrogen-bond donors (Lipinski definition) is 1. The minimum Gasteiger partial charge on any atom is -0.448 e. The number of nitrogens with zero attached hydrogens (tertiary/aromatic N) is 5. The van der Waals surface area contributed by atoms with Crippen LogP contribution in [0.4, 0.5) is 9.18 Å². The molecule has 10 heteroatoms. The summed E-state index contributed by atoms with van der Waals surface area (Å²) < 4.78 is 22.2. The molecule has 2 amide bonds. The number of benzene rings is 1. The number of nitrogens with one attached hydrogen (secondary N) is 1. The van der Waals surface area contributed by atoms with Gasteiger partial charge in [-0.3, -0.25) is 4.79 Å². The Hall–Kier alpha value is -3.53. The van der Waals surface area contributed by atoms with Crippen molar-refractivity contribution in [1.82, 2.24) is 30.1 Å². The average Bonchev–Trinajstić information content (AvgIpc) is 3.27. The molecule has 1 aliphatic heterocycles. The van der Waals surface area contributed by atoms with Crippen LogP contribution in [0, 0.1) is 12.7 Å². The van der Waals surface area contributed by atoms with Crippen molar-refractivity contribution in [1.29, 1.82) is 0 Å². The first-order valence-corrected chi connectivity index (χ1v) is 12.6. The smallest absolute Gasteiger partial charge is 0.409 e. The number of hydrogen-bond acceptors (Lipinski definition) is 6. The molecule has 1 aliphatic rings. The number of halogens is 1. The SMILES string of the molecule is C=Cc1c(/C=C(\C)c2ccc(C(=O)NCC)c(F)c2C)nnn1C1CCN(C(=O)OCCN(C)C)CC1. The highest BCUT2D eigenvalue weighted by Gasteiger charge is 2.27. The zero-order valence-corrected chi connectivity index (χ0v) is 22.4. The second-order valence-electron chi connectivity index (χ2n) is 9.43. The van der Waals surface area contributed by atoms with E-state index in [0.29, 0.717) is 49.6 Å². The van der Waals surface area contributed by atoms with E-state index in [9.17, 15) is 14.0 Å². The summed E-state index contributed by atoms with van der Waals surface area (Å²) in [5.74, 6) is -0.961. The van der Waals surface area contributed by atoms with Gasteiger partial charge in [0.25, 0.3) is 5.91 Å². The molecular weight excluding hydrogens is 475 g/mol. The maximum absolute atomic E-state index is 14.9. The quantitative estimate of drug-likeness (QED) is 0.546. The maximum atomic E-state index is 14.9. The Morgan fingerprint density at radius 2 is 1.95 bits per heavy atom. The molecule has 0 radical (unpaired) electrons. The van der Waals surface area contributed by atoms with E-state index in [1.165, 1.54) is 6.07 Å². The molecule has 1 N–H and O–H groups in total. The normalized spacial score (nSPS) is 14.7. The van der Waals surface area contributed by atoms with Gasteiger partial charge in [0.15, 0.2) is 0 Å². The molecule has 0 atom stereocenters. The number of piperidine rings is 1. The lowest BCUT2D eigenvalue weighted by atomic mass is 9.97. The molecule has 9 nitrogen and oxygen atoms in total. The number of likely N-dealkylation sites (tertiary alicyclic amines) is 1. The third kappa shape index (κ3) is 6.62. The highest BCUT2D eigenvalue weighted by Crippen LogP contribution is 2.28. The topological polar surface area (TPSA) is 92.6 Å². The molecule has 2 heterocycles. The summed E-state index contributed by atoms with van der Waals surface area (Å²) in [7, 11) is 3.87. The fraction of sp³-hybridized carbons (Fsp3) is 0.481. The van der Waals surface area contributed by atoms with Gasteiger partial charge in [0, 0.05) is 26.2 Å². The number of allylic oxidation sites excluding steroid dienone is 1. The van der Waals surface area contributed by atoms with Crippen molar-refractivity contribution in [2.24, 2.45) is 0 Å². The van der Waals surface area contributed by atoms with Crippen molar-refractivity contribution < 1.29 is 18.7 Å². The van der Waals surface area contributed by atoms with Crippen molar-refractivity contribution in [2.75, 3.05) is 46.9 Å². The van der Waals surface area contributed by atoms with Crippen molar-refractivity contribution >= 4 is 29.7 Å². The standard InChI is InChI=1S/C27H37FN6O3/c1-7-24-23(17-18(3)21-9-10-22(25(28)19(21)4)26(35)29-8-2)30-31-34(24)20-11-13-33(14-12-20)27(36)37-16-15-32(5)6/h7,9-10,17,20H,1,8,11-16H2,2-6H3,(H,29,35)/b18-17+. The van der Waals surface area contributed by atoms with Gasteiger partial charge in [-0.15, -0.1) is 5.10 Å². The molecule has 1 aromatic heterocycles. The van der Waals surface area contributed by atoms with E-state index in [1.807, 2.05) is 36.7 Å². The average molecular weight is 513 g/mol. The Morgan fingerprint density at radius 3 is 2.57 bits per heavy atom. The fourth-order valence-electron chi connectivity index (χ4n) is 4.41. The molecule has 1 saturated heterocycles. The Morgan fingerprint density at radius 1 is 1.27 bits per heavy atom. The number of ether oxygens (including phenoxy) is 1. The van der Waals surface area contributed by atoms with Crippen LogP contribution in [0.5, 0.6) is 0 Å². The van der Waals surface area contributed by atoms with Gasteiger partial charge < -0.3 is 19.9 Å². The lowest BCUT2D eigenvalue weighted by Crippen LogP contribution is -2.40. The van der Waals surface area contributed by atoms with E-state index in [-0.39, 0.29) is 17.7 Å². The molecule has 0 aliphatic carbocycles. The van der Waals surface area contributed by atoms with Crippen molar-refractivity contribution in [2.45, 2.75) is 39.7 Å². The molecule has 0 spiro atoms. The molecule has 2 aromatic rings. The number of carbonyl (C=O) groups is 2. The van der Waals surface area contributed by atoms with Crippen LogP contribution < -0.4 is 5.32 Å². The summed E-state index contributed by atoms with van der Waals surface area (Å²) in [6.07, 6.45) is 4.72. The summed E-state index contributed by atoms with van der Waals surface area (Å²) in [5.41, 5.74) is 3.31. The molecule has 1 aromatic carbocycles. The van der Waals surface area contributed by atoms with E-state index >= 15 is 0 Å². The van der Waals surface area contributed by atoms with Gasteiger partial charge in [-0.25, -0.2) is 13.9 Å². The van der Waals surface area contributed by atoms with Gasteiger partial charge in [0.2, 0.25) is 0 Å². The predicted octanol–water partition coefficient (Wildman–Crippen LogP) is 4.01. The molecule has 1 fully saturated rings. The highest BCUT2D eigenvalue weighted by molar-refractivity contribution is 5.95. The minimum atomic E-state index is -0.532. The first-order valence-electron chi connectivity index (χ1n) is 12.6. The Bertz CT molecular complexity index is 1170. The minimum absolute atomic E-state index is 0.0292. The summed E-state index contributed by atoms with van der Waals surface area (Å²) in [6, 6.07) is 3.33. The van der Waals surface area contributed by atoms with Crippen LogP contribution in [0.3, 0.4) is 0 Å². The van der Waals surface area contributed by atoms with E-state index in [2.05, 4.69) is 22.2 Å². The van der Waals surface area contributed by atoms with Gasteiger partial charge in [0.05, 0.1) is 17.3 Å². The second-order valence-corrected chi connectivity index (χ2v) is 9.43. The van der Waals surface area contributed by atoms with Crippen molar-refractivity contribution in [3.05, 3.63) is 52.6 Å². The molecular formula is C27H37FN6O3. The van der Waals surface area contributed by atoms with Crippen LogP contribution in [0.1, 0.15) is 65.6 Å². The van der Waals surface area contributed by atoms with Crippen LogP contribution in [0.25, 0.3) is 17.7 Å². The van der Waals surface area contributed by atoms with Gasteiger partial charge in [0.1, 0.15) is 18.1 Å². The van der Waals surface area contributed by atoms with E-state index < -0.39 is 11.7 Å². The lowest BCUT2D eigenvalue weighted by molar-refractivity contribution is 0.0822. The Labute approximate surface area is 218 Å². The molecule has 37 heavy (non-hydrogen) atoms. The fourth-order valence-corrected chi connectivity index (χ4v) is 4.41. The summed E-state index contributed by atoms with van der Waals surface area (Å²) in [5, 5.41) is 11.4. The molecule has 0 saturated carbocycles. The lowest BCUT2D eigenvalue weighted by Gasteiger charge is -2.31. The Kier molecular flexibility index (Phi) is 9.57. The number of carbonyl (C=O) groups excluding carboxylic acids is 2. The number of likely N-dealkylation sites (N-methyl/N-ethyl adjacent to an activating group) is 1. The first-order chi connectivity index (χ1) is 17.7. The third-order valence-electron chi connectivity index (χ3n) is 6.53. The van der Waals surface area contributed by atoms with Gasteiger partial charge in [-0.05, 0) is 82.6 Å². The Balaban J connectivity index is 1.73. The predicted molar refractivity (Wildman–Crippen MR) is 143 cm³/mol. The number of aromatic nitrogens is 3. The van der Waals surface area contributed by atoms with Crippen LogP contribution in [-0.2, 0) is 4.74 Å². The van der Waals surface area contributed by atoms with Gasteiger partial charge in [-0.2, -0.15) is 0 Å². The van der Waals surface area contributed by atoms with Crippen molar-refractivity contribution in [3.8, 4) is 0 Å². The molecule has 0 bridgehead atoms. The van der Waals surface area contributed by atoms with Crippen molar-refractivity contribution in [3.63, 3.8) is 0 Å². The number of rotatable bonds is 9. The van der Waals surface area contributed by atoms with E-state index in [0.717, 1.165) is 24.1 Å². The van der Waals surface area contributed by atoms with Crippen LogP contribution in [-0.4, -0.2) is 83.7 Å². The molecule has 3 rings (SSSR count). The van der Waals surface area contributed by atoms with Gasteiger partial charge in [-0.1, -0.05) is 17.9 Å².